The summed E-state index contributed by atoms with van der Waals surface area (Å²) in [6, 6.07) is 0. The van der Waals surface area contributed by atoms with E-state index in [1.165, 1.54) is 0 Å². The molecule has 0 amide bonds. The van der Waals surface area contributed by atoms with E-state index in [4.69, 9.17) is 14.2 Å². The summed E-state index contributed by atoms with van der Waals surface area (Å²) < 4.78 is 16.0. The number of carbonyl (C=O) groups excluding carboxylic acids is 3. The molecule has 36 heavy (non-hydrogen) atoms. The van der Waals surface area contributed by atoms with E-state index in [0.717, 1.165) is 19.3 Å². The highest BCUT2D eigenvalue weighted by Crippen LogP contribution is 2.07. The predicted molar refractivity (Wildman–Crippen MR) is 145 cm³/mol. The molecule has 0 bridgehead atoms. The summed E-state index contributed by atoms with van der Waals surface area (Å²) in [5.74, 6) is -1.15. The lowest BCUT2D eigenvalue weighted by Gasteiger charge is -2.18. The Kier molecular flexibility index (Phi) is 22.8. The molecule has 0 aromatic heterocycles. The number of carbonyl (C=O) groups is 3. The Labute approximate surface area is 217 Å². The van der Waals surface area contributed by atoms with Gasteiger partial charge in [0.05, 0.1) is 0 Å². The Bertz CT molecular complexity index is 726. The third-order valence-corrected chi connectivity index (χ3v) is 4.73. The highest BCUT2D eigenvalue weighted by Gasteiger charge is 2.19. The summed E-state index contributed by atoms with van der Waals surface area (Å²) in [6.45, 7) is 5.54. The van der Waals surface area contributed by atoms with Crippen molar-refractivity contribution >= 4 is 17.9 Å². The minimum atomic E-state index is -0.826. The summed E-state index contributed by atoms with van der Waals surface area (Å²) in [6.07, 6.45) is 27.5. The van der Waals surface area contributed by atoms with Gasteiger partial charge in [-0.05, 0) is 59.3 Å². The number of hydrogen-bond donors (Lipinski definition) is 0. The van der Waals surface area contributed by atoms with E-state index in [9.17, 15) is 14.4 Å². The lowest BCUT2D eigenvalue weighted by Crippen LogP contribution is -2.30. The minimum Gasteiger partial charge on any atom is -0.462 e. The molecule has 200 valence electrons. The van der Waals surface area contributed by atoms with Crippen molar-refractivity contribution in [1.29, 1.82) is 0 Å². The Morgan fingerprint density at radius 1 is 0.556 bits per heavy atom. The molecule has 0 unspecified atom stereocenters. The number of rotatable bonds is 20. The minimum absolute atomic E-state index is 0.139. The third kappa shape index (κ3) is 22.6. The van der Waals surface area contributed by atoms with Crippen LogP contribution in [0.1, 0.15) is 78.6 Å². The normalized spacial score (nSPS) is 12.3. The number of unbranched alkanes of at least 4 members (excludes halogenated alkanes) is 3. The van der Waals surface area contributed by atoms with Crippen LogP contribution in [0.5, 0.6) is 0 Å². The zero-order chi connectivity index (χ0) is 26.7. The molecule has 0 N–H and O–H groups in total. The van der Waals surface area contributed by atoms with Crippen LogP contribution in [0.4, 0.5) is 0 Å². The SMILES string of the molecule is C/C=C/C=C/CCCC(=O)OCC(COC(=O)CCC/C=C/C=C/C)OC(=O)CCC/C=C/C=C/C. The van der Waals surface area contributed by atoms with Gasteiger partial charge in [0.2, 0.25) is 0 Å². The van der Waals surface area contributed by atoms with Crippen LogP contribution < -0.4 is 0 Å². The fraction of sp³-hybridized carbons (Fsp3) is 0.500. The largest absolute Gasteiger partial charge is 0.462 e. The van der Waals surface area contributed by atoms with Gasteiger partial charge in [0.25, 0.3) is 0 Å². The summed E-state index contributed by atoms with van der Waals surface area (Å²) in [5, 5.41) is 0. The van der Waals surface area contributed by atoms with Gasteiger partial charge in [0, 0.05) is 19.3 Å². The van der Waals surface area contributed by atoms with Crippen LogP contribution in [0.2, 0.25) is 0 Å². The number of allylic oxidation sites excluding steroid dienone is 12. The molecule has 0 fully saturated rings. The summed E-state index contributed by atoms with van der Waals surface area (Å²) in [5.41, 5.74) is 0. The van der Waals surface area contributed by atoms with Gasteiger partial charge in [-0.2, -0.15) is 0 Å². The maximum Gasteiger partial charge on any atom is 0.306 e. The van der Waals surface area contributed by atoms with E-state index in [1.807, 2.05) is 93.7 Å². The molecule has 0 aromatic rings. The average molecular weight is 501 g/mol. The van der Waals surface area contributed by atoms with Crippen LogP contribution in [0.25, 0.3) is 0 Å². The second-order valence-electron chi connectivity index (χ2n) is 8.02. The van der Waals surface area contributed by atoms with Gasteiger partial charge < -0.3 is 14.2 Å². The van der Waals surface area contributed by atoms with Crippen molar-refractivity contribution in [3.63, 3.8) is 0 Å². The molecule has 0 saturated heterocycles. The summed E-state index contributed by atoms with van der Waals surface area (Å²) in [4.78, 5) is 36.4. The molecule has 0 rings (SSSR count). The van der Waals surface area contributed by atoms with Gasteiger partial charge in [-0.1, -0.05) is 72.9 Å². The topological polar surface area (TPSA) is 78.9 Å². The molecule has 0 aliphatic heterocycles. The van der Waals surface area contributed by atoms with Gasteiger partial charge >= 0.3 is 17.9 Å². The first kappa shape index (κ1) is 32.8. The van der Waals surface area contributed by atoms with Crippen molar-refractivity contribution in [2.45, 2.75) is 84.7 Å². The van der Waals surface area contributed by atoms with E-state index in [2.05, 4.69) is 0 Å². The molecule has 0 atom stereocenters. The van der Waals surface area contributed by atoms with Crippen LogP contribution in [-0.4, -0.2) is 37.2 Å². The number of ether oxygens (including phenoxy) is 3. The molecule has 0 aromatic carbocycles. The summed E-state index contributed by atoms with van der Waals surface area (Å²) in [7, 11) is 0. The van der Waals surface area contributed by atoms with Gasteiger partial charge in [-0.25, -0.2) is 0 Å². The average Bonchev–Trinajstić information content (AvgIpc) is 2.87. The Hall–Kier alpha value is -3.15. The summed E-state index contributed by atoms with van der Waals surface area (Å²) >= 11 is 0. The molecule has 0 spiro atoms. The molecule has 0 aliphatic carbocycles. The fourth-order valence-electron chi connectivity index (χ4n) is 2.83. The zero-order valence-electron chi connectivity index (χ0n) is 22.2. The van der Waals surface area contributed by atoms with Crippen molar-refractivity contribution in [3.05, 3.63) is 72.9 Å². The Morgan fingerprint density at radius 2 is 0.917 bits per heavy atom. The van der Waals surface area contributed by atoms with Gasteiger partial charge in [0.15, 0.2) is 6.10 Å². The van der Waals surface area contributed by atoms with Gasteiger partial charge in [0.1, 0.15) is 13.2 Å². The molecule has 6 heteroatoms. The highest BCUT2D eigenvalue weighted by atomic mass is 16.6. The van der Waals surface area contributed by atoms with Crippen molar-refractivity contribution in [1.82, 2.24) is 0 Å². The molecule has 0 aliphatic rings. The smallest absolute Gasteiger partial charge is 0.306 e. The van der Waals surface area contributed by atoms with Crippen LogP contribution in [0.15, 0.2) is 72.9 Å². The van der Waals surface area contributed by atoms with E-state index in [1.54, 1.807) is 0 Å². The standard InChI is InChI=1S/C30H44O6/c1-4-7-10-13-16-19-22-28(31)34-25-27(36-30(33)24-21-18-15-12-9-6-3)26-35-29(32)23-20-17-14-11-8-5-2/h4-15,27H,16-26H2,1-3H3/b7-4+,8-5+,9-6+,13-10+,14-11+,15-12+. The molecule has 0 radical (unpaired) electrons. The molecular formula is C30H44O6. The zero-order valence-corrected chi connectivity index (χ0v) is 22.2. The number of hydrogen-bond acceptors (Lipinski definition) is 6. The first-order valence-corrected chi connectivity index (χ1v) is 12.9. The lowest BCUT2D eigenvalue weighted by atomic mass is 10.2. The Balaban J connectivity index is 4.57. The van der Waals surface area contributed by atoms with Crippen molar-refractivity contribution in [3.8, 4) is 0 Å². The quantitative estimate of drug-likeness (QED) is 0.0783. The number of esters is 3. The molecule has 6 nitrogen and oxygen atoms in total. The van der Waals surface area contributed by atoms with E-state index >= 15 is 0 Å². The molecule has 0 saturated carbocycles. The van der Waals surface area contributed by atoms with Gasteiger partial charge in [-0.15, -0.1) is 0 Å². The van der Waals surface area contributed by atoms with Crippen molar-refractivity contribution < 1.29 is 28.6 Å². The lowest BCUT2D eigenvalue weighted by molar-refractivity contribution is -0.166. The second kappa shape index (κ2) is 25.0. The van der Waals surface area contributed by atoms with E-state index < -0.39 is 12.1 Å². The van der Waals surface area contributed by atoms with Crippen LogP contribution in [0, 0.1) is 0 Å². The molecular weight excluding hydrogens is 456 g/mol. The van der Waals surface area contributed by atoms with Crippen molar-refractivity contribution in [2.75, 3.05) is 13.2 Å². The maximum absolute atomic E-state index is 12.3. The monoisotopic (exact) mass is 500 g/mol. The van der Waals surface area contributed by atoms with Crippen molar-refractivity contribution in [2.24, 2.45) is 0 Å². The van der Waals surface area contributed by atoms with Gasteiger partial charge in [-0.3, -0.25) is 14.4 Å². The predicted octanol–water partition coefficient (Wildman–Crippen LogP) is 6.89. The molecule has 0 heterocycles. The van der Waals surface area contributed by atoms with E-state index in [-0.39, 0.29) is 44.4 Å². The highest BCUT2D eigenvalue weighted by molar-refractivity contribution is 5.71. The van der Waals surface area contributed by atoms with Crippen LogP contribution in [0.3, 0.4) is 0 Å². The van der Waals surface area contributed by atoms with E-state index in [0.29, 0.717) is 19.3 Å². The maximum atomic E-state index is 12.3. The fourth-order valence-corrected chi connectivity index (χ4v) is 2.83. The van der Waals surface area contributed by atoms with Crippen LogP contribution >= 0.6 is 0 Å². The Morgan fingerprint density at radius 3 is 1.28 bits per heavy atom. The first-order chi connectivity index (χ1) is 17.5. The second-order valence-corrected chi connectivity index (χ2v) is 8.02. The third-order valence-electron chi connectivity index (χ3n) is 4.73. The first-order valence-electron chi connectivity index (χ1n) is 12.9. The van der Waals surface area contributed by atoms with Crippen LogP contribution in [-0.2, 0) is 28.6 Å².